The van der Waals surface area contributed by atoms with E-state index in [1.165, 1.54) is 17.5 Å². The summed E-state index contributed by atoms with van der Waals surface area (Å²) in [5, 5.41) is 3.53. The summed E-state index contributed by atoms with van der Waals surface area (Å²) in [6, 6.07) is 6.76. The first-order valence-corrected chi connectivity index (χ1v) is 6.24. The summed E-state index contributed by atoms with van der Waals surface area (Å²) in [5.74, 6) is 0.958. The third kappa shape index (κ3) is 3.45. The van der Waals surface area contributed by atoms with Crippen LogP contribution in [0.5, 0.6) is 5.75 Å². The molecule has 1 aliphatic rings. The number of methoxy groups -OCH3 is 1. The highest BCUT2D eigenvalue weighted by Gasteiger charge is 2.13. The summed E-state index contributed by atoms with van der Waals surface area (Å²) in [4.78, 5) is 0. The average molecular weight is 235 g/mol. The second-order valence-electron chi connectivity index (χ2n) is 4.61. The molecule has 17 heavy (non-hydrogen) atoms. The van der Waals surface area contributed by atoms with Gasteiger partial charge in [0.2, 0.25) is 0 Å². The number of benzene rings is 1. The van der Waals surface area contributed by atoms with E-state index in [4.69, 9.17) is 9.47 Å². The minimum Gasteiger partial charge on any atom is -0.496 e. The Balaban J connectivity index is 1.95. The third-order valence-corrected chi connectivity index (χ3v) is 3.18. The van der Waals surface area contributed by atoms with Crippen LogP contribution in [-0.4, -0.2) is 26.4 Å². The molecule has 0 aromatic heterocycles. The monoisotopic (exact) mass is 235 g/mol. The van der Waals surface area contributed by atoms with Crippen LogP contribution in [0.15, 0.2) is 18.2 Å². The SMILES string of the molecule is COc1ccc(C)cc1CNC1CCCOC1. The topological polar surface area (TPSA) is 30.5 Å². The summed E-state index contributed by atoms with van der Waals surface area (Å²) in [6.45, 7) is 4.69. The van der Waals surface area contributed by atoms with Crippen LogP contribution in [0.2, 0.25) is 0 Å². The van der Waals surface area contributed by atoms with Gasteiger partial charge in [-0.3, -0.25) is 0 Å². The summed E-state index contributed by atoms with van der Waals surface area (Å²) in [5.41, 5.74) is 2.49. The van der Waals surface area contributed by atoms with E-state index in [2.05, 4.69) is 24.4 Å². The third-order valence-electron chi connectivity index (χ3n) is 3.18. The molecule has 0 spiro atoms. The number of rotatable bonds is 4. The zero-order valence-electron chi connectivity index (χ0n) is 10.7. The van der Waals surface area contributed by atoms with Crippen molar-refractivity contribution in [2.75, 3.05) is 20.3 Å². The van der Waals surface area contributed by atoms with Crippen LogP contribution in [0.4, 0.5) is 0 Å². The summed E-state index contributed by atoms with van der Waals surface area (Å²) < 4.78 is 10.8. The Morgan fingerprint density at radius 1 is 1.47 bits per heavy atom. The van der Waals surface area contributed by atoms with E-state index < -0.39 is 0 Å². The molecule has 0 saturated carbocycles. The normalized spacial score (nSPS) is 20.2. The van der Waals surface area contributed by atoms with Gasteiger partial charge in [0, 0.05) is 24.8 Å². The van der Waals surface area contributed by atoms with Gasteiger partial charge < -0.3 is 14.8 Å². The molecule has 1 aliphatic heterocycles. The molecule has 1 unspecified atom stereocenters. The van der Waals surface area contributed by atoms with Gasteiger partial charge in [0.15, 0.2) is 0 Å². The number of nitrogens with one attached hydrogen (secondary N) is 1. The smallest absolute Gasteiger partial charge is 0.123 e. The predicted octanol–water partition coefficient (Wildman–Crippen LogP) is 2.27. The van der Waals surface area contributed by atoms with Gasteiger partial charge in [-0.2, -0.15) is 0 Å². The highest BCUT2D eigenvalue weighted by Crippen LogP contribution is 2.20. The first-order valence-electron chi connectivity index (χ1n) is 6.24. The van der Waals surface area contributed by atoms with Crippen LogP contribution in [0.3, 0.4) is 0 Å². The fraction of sp³-hybridized carbons (Fsp3) is 0.571. The lowest BCUT2D eigenvalue weighted by molar-refractivity contribution is 0.0699. The second-order valence-corrected chi connectivity index (χ2v) is 4.61. The van der Waals surface area contributed by atoms with Crippen LogP contribution in [0.25, 0.3) is 0 Å². The zero-order valence-corrected chi connectivity index (χ0v) is 10.7. The fourth-order valence-corrected chi connectivity index (χ4v) is 2.20. The molecule has 1 atom stereocenters. The molecule has 1 aromatic carbocycles. The molecule has 3 nitrogen and oxygen atoms in total. The lowest BCUT2D eigenvalue weighted by Crippen LogP contribution is -2.36. The number of aryl methyl sites for hydroxylation is 1. The van der Waals surface area contributed by atoms with E-state index in [0.717, 1.165) is 31.9 Å². The Hall–Kier alpha value is -1.06. The van der Waals surface area contributed by atoms with Crippen molar-refractivity contribution in [3.63, 3.8) is 0 Å². The van der Waals surface area contributed by atoms with Crippen LogP contribution in [0.1, 0.15) is 24.0 Å². The molecule has 1 saturated heterocycles. The largest absolute Gasteiger partial charge is 0.496 e. The van der Waals surface area contributed by atoms with Gasteiger partial charge in [0.1, 0.15) is 5.75 Å². The van der Waals surface area contributed by atoms with Crippen molar-refractivity contribution in [1.82, 2.24) is 5.32 Å². The van der Waals surface area contributed by atoms with E-state index in [-0.39, 0.29) is 0 Å². The number of hydrogen-bond acceptors (Lipinski definition) is 3. The molecule has 0 radical (unpaired) electrons. The van der Waals surface area contributed by atoms with E-state index >= 15 is 0 Å². The molecule has 1 fully saturated rings. The first kappa shape index (κ1) is 12.4. The van der Waals surface area contributed by atoms with Gasteiger partial charge in [-0.05, 0) is 25.8 Å². The highest BCUT2D eigenvalue weighted by molar-refractivity contribution is 5.36. The number of hydrogen-bond donors (Lipinski definition) is 1. The summed E-state index contributed by atoms with van der Waals surface area (Å²) in [6.07, 6.45) is 2.36. The molecule has 2 rings (SSSR count). The standard InChI is InChI=1S/C14H21NO2/c1-11-5-6-14(16-2)12(8-11)9-15-13-4-3-7-17-10-13/h5-6,8,13,15H,3-4,7,9-10H2,1-2H3. The Bertz CT molecular complexity index is 359. The van der Waals surface area contributed by atoms with E-state index in [1.54, 1.807) is 7.11 Å². The molecule has 1 aromatic rings. The predicted molar refractivity (Wildman–Crippen MR) is 68.4 cm³/mol. The van der Waals surface area contributed by atoms with Gasteiger partial charge in [0.05, 0.1) is 13.7 Å². The van der Waals surface area contributed by atoms with Crippen molar-refractivity contribution >= 4 is 0 Å². The van der Waals surface area contributed by atoms with Gasteiger partial charge in [0.25, 0.3) is 0 Å². The average Bonchev–Trinajstić information content (AvgIpc) is 2.38. The Kier molecular flexibility index (Phi) is 4.40. The Labute approximate surface area is 103 Å². The van der Waals surface area contributed by atoms with Crippen molar-refractivity contribution in [1.29, 1.82) is 0 Å². The van der Waals surface area contributed by atoms with Crippen molar-refractivity contribution in [2.45, 2.75) is 32.4 Å². The van der Waals surface area contributed by atoms with E-state index in [0.29, 0.717) is 6.04 Å². The summed E-state index contributed by atoms with van der Waals surface area (Å²) >= 11 is 0. The molecule has 0 bridgehead atoms. The van der Waals surface area contributed by atoms with Crippen LogP contribution in [0, 0.1) is 6.92 Å². The molecular formula is C14H21NO2. The highest BCUT2D eigenvalue weighted by atomic mass is 16.5. The summed E-state index contributed by atoms with van der Waals surface area (Å²) in [7, 11) is 1.72. The van der Waals surface area contributed by atoms with Crippen LogP contribution in [-0.2, 0) is 11.3 Å². The van der Waals surface area contributed by atoms with Crippen molar-refractivity contribution in [3.8, 4) is 5.75 Å². The maximum atomic E-state index is 5.46. The van der Waals surface area contributed by atoms with Crippen molar-refractivity contribution in [3.05, 3.63) is 29.3 Å². The molecule has 0 aliphatic carbocycles. The van der Waals surface area contributed by atoms with Crippen molar-refractivity contribution in [2.24, 2.45) is 0 Å². The quantitative estimate of drug-likeness (QED) is 0.868. The Morgan fingerprint density at radius 2 is 2.35 bits per heavy atom. The molecule has 3 heteroatoms. The molecule has 94 valence electrons. The minimum absolute atomic E-state index is 0.481. The molecule has 0 amide bonds. The van der Waals surface area contributed by atoms with Crippen LogP contribution >= 0.6 is 0 Å². The van der Waals surface area contributed by atoms with E-state index in [1.807, 2.05) is 6.07 Å². The molecular weight excluding hydrogens is 214 g/mol. The lowest BCUT2D eigenvalue weighted by Gasteiger charge is -2.23. The van der Waals surface area contributed by atoms with E-state index in [9.17, 15) is 0 Å². The minimum atomic E-state index is 0.481. The molecule has 1 heterocycles. The fourth-order valence-electron chi connectivity index (χ4n) is 2.20. The van der Waals surface area contributed by atoms with Gasteiger partial charge in [-0.1, -0.05) is 17.7 Å². The Morgan fingerprint density at radius 3 is 3.06 bits per heavy atom. The zero-order chi connectivity index (χ0) is 12.1. The first-order chi connectivity index (χ1) is 8.29. The van der Waals surface area contributed by atoms with Crippen LogP contribution < -0.4 is 10.1 Å². The lowest BCUT2D eigenvalue weighted by atomic mass is 10.1. The van der Waals surface area contributed by atoms with Gasteiger partial charge in [-0.25, -0.2) is 0 Å². The number of ether oxygens (including phenoxy) is 2. The maximum Gasteiger partial charge on any atom is 0.123 e. The van der Waals surface area contributed by atoms with Crippen molar-refractivity contribution < 1.29 is 9.47 Å². The van der Waals surface area contributed by atoms with Gasteiger partial charge >= 0.3 is 0 Å². The second kappa shape index (κ2) is 6.03. The maximum absolute atomic E-state index is 5.46. The van der Waals surface area contributed by atoms with Gasteiger partial charge in [-0.15, -0.1) is 0 Å². The molecule has 1 N–H and O–H groups in total.